The number of aliphatic hydroxyl groups is 2. The standard InChI is InChI=1S/2C14H10BrF3.C14H9F3O2.2C14H11F3O.C11H22B2O4.C5H9ClO2.Br3P/c2*15-9-10-3-1-4-11(7-10)12-5-2-6-13(8-12)14(16,17)18;15-14(16,17)12-6-2-4-10(8-12)9-3-1-5-11(7-9)13(18)19;2*15-14(16,17)13-6-2-5-12(8-13)11-4-1-3-10(7-11)9-18;1-8-9(2,3)15-12(14-8)13-16-10(4,5)11(6,7)17-13;1-4(2)3-8-5(6)7;1-4(2)3/h2*1-8H,9H2;1-8H,(H,18,19);2*1-8,18H,9H2;8H,1-7H3;4H,3H2,1-2H3;. The van der Waals surface area contributed by atoms with Gasteiger partial charge in [0.2, 0.25) is 0 Å². The van der Waals surface area contributed by atoms with Crippen LogP contribution >= 0.6 is 94.0 Å². The normalized spacial score (nSPS) is 14.5. The molecule has 2 saturated heterocycles. The monoisotopic (exact) mass is 2040 g/mol. The minimum Gasteiger partial charge on any atom is -0.478 e. The lowest BCUT2D eigenvalue weighted by Gasteiger charge is -2.32. The van der Waals surface area contributed by atoms with Gasteiger partial charge in [-0.15, -0.1) is 0 Å². The molecule has 2 aliphatic rings. The van der Waals surface area contributed by atoms with Crippen molar-refractivity contribution >= 4 is 119 Å². The number of carbonyl (C=O) groups is 2. The number of benzene rings is 10. The summed E-state index contributed by atoms with van der Waals surface area (Å²) in [7, 11) is -0.898. The highest BCUT2D eigenvalue weighted by molar-refractivity contribution is 9.93. The van der Waals surface area contributed by atoms with E-state index in [-0.39, 0.29) is 45.7 Å². The van der Waals surface area contributed by atoms with E-state index in [0.29, 0.717) is 78.8 Å². The van der Waals surface area contributed by atoms with Crippen molar-refractivity contribution in [2.75, 3.05) is 6.61 Å². The van der Waals surface area contributed by atoms with Gasteiger partial charge in [-0.25, -0.2) is 9.59 Å². The van der Waals surface area contributed by atoms with Crippen molar-refractivity contribution in [1.82, 2.24) is 0 Å². The van der Waals surface area contributed by atoms with Gasteiger partial charge in [-0.1, -0.05) is 203 Å². The zero-order chi connectivity index (χ0) is 89.9. The van der Waals surface area contributed by atoms with Crippen LogP contribution in [0.5, 0.6) is 0 Å². The highest BCUT2D eigenvalue weighted by Gasteiger charge is 2.61. The molecular weight excluding hydrogens is 1970 g/mol. The average molecular weight is 2050 g/mol. The van der Waals surface area contributed by atoms with E-state index in [4.69, 9.17) is 45.5 Å². The van der Waals surface area contributed by atoms with Gasteiger partial charge in [0.05, 0.1) is 76.1 Å². The molecule has 1 atom stereocenters. The van der Waals surface area contributed by atoms with Crippen LogP contribution in [0.25, 0.3) is 55.6 Å². The number of carbonyl (C=O) groups excluding carboxylic acids is 1. The summed E-state index contributed by atoms with van der Waals surface area (Å²) in [5, 5.41) is 28.2. The Morgan fingerprint density at radius 1 is 0.417 bits per heavy atom. The molecule has 0 saturated carbocycles. The molecule has 0 aliphatic carbocycles. The number of aromatic carboxylic acids is 1. The first kappa shape index (κ1) is 104. The van der Waals surface area contributed by atoms with Gasteiger partial charge in [0.25, 0.3) is 0 Å². The molecule has 2 fully saturated rings. The molecule has 10 aromatic carbocycles. The number of carboxylic acids is 1. The van der Waals surface area contributed by atoms with Gasteiger partial charge in [-0.2, -0.15) is 65.9 Å². The highest BCUT2D eigenvalue weighted by atomic mass is 80.0. The molecule has 2 aliphatic heterocycles. The summed E-state index contributed by atoms with van der Waals surface area (Å²) in [6, 6.07) is 60.2. The van der Waals surface area contributed by atoms with E-state index in [9.17, 15) is 75.4 Å². The highest BCUT2D eigenvalue weighted by Crippen LogP contribution is 2.59. The van der Waals surface area contributed by atoms with Gasteiger partial charge in [-0.05, 0) is 264 Å². The van der Waals surface area contributed by atoms with Crippen LogP contribution in [0.15, 0.2) is 243 Å². The SMILES string of the molecule is BrP(Br)Br.CC(C)COC(=O)Cl.CC1OB(B2OC(C)(C)C(C)(C)O2)OC1(C)C.FC(F)(F)c1cccc(-c2cccc(CBr)c2)c1.FC(F)(F)c1cccc(-c2cccc(CBr)c2)c1.O=C(O)c1cccc(-c2cccc(C(F)(F)F)c2)c1.OCc1cccc(-c2cccc(C(F)(F)F)c2)c1.OCc1cccc(-c2cccc(C(F)(F)F)c2)c1. The molecular formula is C86H82B2Br5ClF15O10P. The second-order valence-corrected chi connectivity index (χ2v) is 45.1. The minimum atomic E-state index is -4.42. The van der Waals surface area contributed by atoms with E-state index in [1.165, 1.54) is 66.7 Å². The van der Waals surface area contributed by atoms with E-state index in [2.05, 4.69) is 83.1 Å². The van der Waals surface area contributed by atoms with E-state index in [1.807, 2.05) is 111 Å². The molecule has 0 bridgehead atoms. The van der Waals surface area contributed by atoms with E-state index in [1.54, 1.807) is 78.9 Å². The average Bonchev–Trinajstić information content (AvgIpc) is 1.57. The topological polar surface area (TPSA) is 141 Å². The molecule has 0 radical (unpaired) electrons. The van der Waals surface area contributed by atoms with Crippen LogP contribution in [-0.4, -0.2) is 70.2 Å². The molecule has 0 amide bonds. The third-order valence-corrected chi connectivity index (χ3v) is 19.3. The second kappa shape index (κ2) is 46.7. The van der Waals surface area contributed by atoms with Crippen LogP contribution < -0.4 is 0 Å². The Morgan fingerprint density at radius 3 is 0.875 bits per heavy atom. The molecule has 12 rings (SSSR count). The summed E-state index contributed by atoms with van der Waals surface area (Å²) in [4.78, 5) is 20.7. The Kier molecular flexibility index (Phi) is 40.4. The molecule has 3 N–H and O–H groups in total. The van der Waals surface area contributed by atoms with Gasteiger partial charge in [0.15, 0.2) is 0 Å². The number of ether oxygens (including phenoxy) is 1. The summed E-state index contributed by atoms with van der Waals surface area (Å²) in [6.45, 7) is 18.2. The smallest absolute Gasteiger partial charge is 0.478 e. The fourth-order valence-corrected chi connectivity index (χ4v) is 11.5. The predicted molar refractivity (Wildman–Crippen MR) is 462 cm³/mol. The number of hydrogen-bond donors (Lipinski definition) is 3. The number of carboxylic acid groups (broad SMARTS) is 1. The first-order valence-electron chi connectivity index (χ1n) is 36.0. The number of alkyl halides is 17. The van der Waals surface area contributed by atoms with Crippen molar-refractivity contribution in [3.63, 3.8) is 0 Å². The van der Waals surface area contributed by atoms with Crippen LogP contribution in [-0.2, 0) is 78.1 Å². The molecule has 10 nitrogen and oxygen atoms in total. The summed E-state index contributed by atoms with van der Waals surface area (Å²) in [5.41, 5.74) is 4.18. The van der Waals surface area contributed by atoms with Crippen molar-refractivity contribution in [2.24, 2.45) is 5.92 Å². The Balaban J connectivity index is 0.000000249. The Hall–Kier alpha value is -6.90. The van der Waals surface area contributed by atoms with Gasteiger partial charge in [0.1, 0.15) is 4.03 Å². The van der Waals surface area contributed by atoms with E-state index in [0.717, 1.165) is 70.8 Å². The quantitative estimate of drug-likeness (QED) is 0.0336. The fraction of sp³-hybridized carbons (Fsp3) is 0.279. The third-order valence-electron chi connectivity index (χ3n) is 17.9. The largest absolute Gasteiger partial charge is 0.488 e. The van der Waals surface area contributed by atoms with Crippen molar-refractivity contribution < 1.29 is 114 Å². The van der Waals surface area contributed by atoms with E-state index < -0.39 is 84.1 Å². The zero-order valence-electron chi connectivity index (χ0n) is 65.5. The van der Waals surface area contributed by atoms with Crippen LogP contribution in [0, 0.1) is 5.92 Å². The Morgan fingerprint density at radius 2 is 0.658 bits per heavy atom. The maximum Gasteiger partial charge on any atom is 0.488 e. The molecule has 1 unspecified atom stereocenters. The number of hydrogen-bond acceptors (Lipinski definition) is 9. The van der Waals surface area contributed by atoms with Gasteiger partial charge >= 0.3 is 56.3 Å². The maximum atomic E-state index is 12.6. The Bertz CT molecular complexity index is 4500. The lowest BCUT2D eigenvalue weighted by molar-refractivity contribution is -0.138. The van der Waals surface area contributed by atoms with Crippen molar-refractivity contribution in [1.29, 1.82) is 0 Å². The van der Waals surface area contributed by atoms with Gasteiger partial charge in [0, 0.05) is 22.3 Å². The summed E-state index contributed by atoms with van der Waals surface area (Å²) in [6.07, 6.45) is -21.7. The third kappa shape index (κ3) is 34.3. The predicted octanol–water partition coefficient (Wildman–Crippen LogP) is 29.6. The number of rotatable bonds is 13. The first-order valence-corrected chi connectivity index (χ1v) is 46.0. The lowest BCUT2D eigenvalue weighted by atomic mass is 9.49. The van der Waals surface area contributed by atoms with Crippen molar-refractivity contribution in [3.05, 3.63) is 298 Å². The van der Waals surface area contributed by atoms with Gasteiger partial charge in [-0.3, -0.25) is 0 Å². The maximum absolute atomic E-state index is 12.6. The summed E-state index contributed by atoms with van der Waals surface area (Å²) < 4.78 is 217. The molecule has 34 heteroatoms. The lowest BCUT2D eigenvalue weighted by Crippen LogP contribution is -2.41. The van der Waals surface area contributed by atoms with Crippen molar-refractivity contribution in [2.45, 2.75) is 140 Å². The van der Waals surface area contributed by atoms with Crippen LogP contribution in [0.2, 0.25) is 0 Å². The first-order chi connectivity index (χ1) is 55.8. The van der Waals surface area contributed by atoms with Crippen LogP contribution in [0.1, 0.15) is 123 Å². The Labute approximate surface area is 734 Å². The minimum absolute atomic E-state index is 0.0338. The zero-order valence-corrected chi connectivity index (χ0v) is 75.1. The van der Waals surface area contributed by atoms with Crippen LogP contribution in [0.4, 0.5) is 70.7 Å². The summed E-state index contributed by atoms with van der Waals surface area (Å²) in [5.74, 6) is -0.758. The molecule has 0 spiro atoms. The molecule has 2 heterocycles. The molecule has 120 heavy (non-hydrogen) atoms. The van der Waals surface area contributed by atoms with Gasteiger partial charge < -0.3 is 38.7 Å². The number of aliphatic hydroxyl groups excluding tert-OH is 2. The number of halogens is 21. The molecule has 644 valence electrons. The fourth-order valence-electron chi connectivity index (χ4n) is 10.7. The van der Waals surface area contributed by atoms with E-state index >= 15 is 0 Å². The summed E-state index contributed by atoms with van der Waals surface area (Å²) >= 11 is 21.0. The molecule has 10 aromatic rings. The molecule has 0 aromatic heterocycles. The van der Waals surface area contributed by atoms with Crippen molar-refractivity contribution in [3.8, 4) is 55.6 Å². The van der Waals surface area contributed by atoms with Crippen LogP contribution in [0.3, 0.4) is 0 Å². The second-order valence-electron chi connectivity index (χ2n) is 28.3.